The predicted octanol–water partition coefficient (Wildman–Crippen LogP) is 4.13. The van der Waals surface area contributed by atoms with Crippen LogP contribution in [0.5, 0.6) is 0 Å². The van der Waals surface area contributed by atoms with Gasteiger partial charge in [-0.15, -0.1) is 11.3 Å². The molecule has 156 valence electrons. The molecule has 2 aromatic carbocycles. The van der Waals surface area contributed by atoms with Crippen LogP contribution < -0.4 is 5.32 Å². The van der Waals surface area contributed by atoms with Crippen molar-refractivity contribution in [2.75, 3.05) is 18.4 Å². The number of sulfonamides is 1. The lowest BCUT2D eigenvalue weighted by molar-refractivity contribution is 0.102. The van der Waals surface area contributed by atoms with E-state index in [4.69, 9.17) is 0 Å². The quantitative estimate of drug-likeness (QED) is 0.635. The third kappa shape index (κ3) is 4.11. The molecule has 0 radical (unpaired) electrons. The molecule has 0 bridgehead atoms. The van der Waals surface area contributed by atoms with E-state index in [2.05, 4.69) is 10.3 Å². The number of hydrogen-bond donors (Lipinski definition) is 1. The van der Waals surface area contributed by atoms with Crippen LogP contribution in [0.1, 0.15) is 23.2 Å². The summed E-state index contributed by atoms with van der Waals surface area (Å²) >= 11 is 1.07. The van der Waals surface area contributed by atoms with Crippen molar-refractivity contribution in [1.82, 2.24) is 9.29 Å². The van der Waals surface area contributed by atoms with Gasteiger partial charge in [0.25, 0.3) is 5.91 Å². The second-order valence-electron chi connectivity index (χ2n) is 6.75. The number of carbonyl (C=O) groups is 1. The molecular weight excluding hydrogens is 432 g/mol. The molecule has 0 atom stereocenters. The third-order valence-electron chi connectivity index (χ3n) is 4.75. The average molecular weight is 450 g/mol. The van der Waals surface area contributed by atoms with Crippen molar-refractivity contribution in [3.8, 4) is 11.3 Å². The fourth-order valence-electron chi connectivity index (χ4n) is 3.17. The average Bonchev–Trinajstić information content (AvgIpc) is 3.42. The lowest BCUT2D eigenvalue weighted by Crippen LogP contribution is -2.27. The minimum absolute atomic E-state index is 0.00298. The van der Waals surface area contributed by atoms with E-state index in [0.29, 0.717) is 13.1 Å². The Hall–Kier alpha value is -2.69. The van der Waals surface area contributed by atoms with Crippen LogP contribution in [-0.2, 0) is 10.0 Å². The molecule has 30 heavy (non-hydrogen) atoms. The van der Waals surface area contributed by atoms with Gasteiger partial charge in [-0.25, -0.2) is 22.2 Å². The van der Waals surface area contributed by atoms with E-state index in [-0.39, 0.29) is 26.8 Å². The van der Waals surface area contributed by atoms with Crippen LogP contribution in [0.25, 0.3) is 11.3 Å². The molecule has 10 heteroatoms. The Morgan fingerprint density at radius 3 is 2.47 bits per heavy atom. The van der Waals surface area contributed by atoms with Crippen LogP contribution >= 0.6 is 11.3 Å². The predicted molar refractivity (Wildman–Crippen MR) is 110 cm³/mol. The Kier molecular flexibility index (Phi) is 5.63. The molecular formula is C20H17F2N3O3S2. The molecule has 0 saturated carbocycles. The Bertz CT molecular complexity index is 1190. The number of anilines is 1. The third-order valence-corrected chi connectivity index (χ3v) is 7.42. The van der Waals surface area contributed by atoms with Crippen LogP contribution in [0, 0.1) is 11.6 Å². The summed E-state index contributed by atoms with van der Waals surface area (Å²) < 4.78 is 53.8. The second-order valence-corrected chi connectivity index (χ2v) is 9.55. The van der Waals surface area contributed by atoms with Gasteiger partial charge in [0.15, 0.2) is 5.13 Å². The van der Waals surface area contributed by atoms with Crippen molar-refractivity contribution in [3.63, 3.8) is 0 Å². The number of halogens is 2. The number of carbonyl (C=O) groups excluding carboxylic acids is 1. The first-order valence-electron chi connectivity index (χ1n) is 9.17. The van der Waals surface area contributed by atoms with Crippen molar-refractivity contribution in [3.05, 3.63) is 65.0 Å². The van der Waals surface area contributed by atoms with E-state index < -0.39 is 27.6 Å². The molecule has 1 aliphatic rings. The zero-order valence-corrected chi connectivity index (χ0v) is 17.3. The summed E-state index contributed by atoms with van der Waals surface area (Å²) in [5.74, 6) is -1.69. The molecule has 1 fully saturated rings. The summed E-state index contributed by atoms with van der Waals surface area (Å²) in [7, 11) is -3.55. The standard InChI is InChI=1S/C20H17F2N3O3S2/c21-14-5-8-17(22)16(11-14)18-12-29-20(23-18)24-19(26)13-3-6-15(7-4-13)30(27,28)25-9-1-2-10-25/h3-8,11-12H,1-2,9-10H2,(H,23,24,26). The van der Waals surface area contributed by atoms with E-state index in [1.54, 1.807) is 0 Å². The maximum atomic E-state index is 13.9. The van der Waals surface area contributed by atoms with E-state index in [0.717, 1.165) is 42.4 Å². The Morgan fingerprint density at radius 1 is 1.07 bits per heavy atom. The molecule has 0 spiro atoms. The highest BCUT2D eigenvalue weighted by atomic mass is 32.2. The maximum Gasteiger partial charge on any atom is 0.257 e. The molecule has 4 rings (SSSR count). The van der Waals surface area contributed by atoms with Gasteiger partial charge in [0.2, 0.25) is 10.0 Å². The topological polar surface area (TPSA) is 79.4 Å². The van der Waals surface area contributed by atoms with Gasteiger partial charge in [-0.05, 0) is 55.3 Å². The number of thiazole rings is 1. The highest BCUT2D eigenvalue weighted by Crippen LogP contribution is 2.28. The van der Waals surface area contributed by atoms with Crippen molar-refractivity contribution in [2.24, 2.45) is 0 Å². The molecule has 1 amide bonds. The number of rotatable bonds is 5. The van der Waals surface area contributed by atoms with Gasteiger partial charge in [0.05, 0.1) is 10.6 Å². The first-order chi connectivity index (χ1) is 14.3. The lowest BCUT2D eigenvalue weighted by Gasteiger charge is -2.15. The van der Waals surface area contributed by atoms with Gasteiger partial charge < -0.3 is 0 Å². The van der Waals surface area contributed by atoms with Crippen LogP contribution in [-0.4, -0.2) is 36.7 Å². The van der Waals surface area contributed by atoms with Crippen LogP contribution in [0.3, 0.4) is 0 Å². The van der Waals surface area contributed by atoms with Gasteiger partial charge in [-0.2, -0.15) is 4.31 Å². The SMILES string of the molecule is O=C(Nc1nc(-c2cc(F)ccc2F)cs1)c1ccc(S(=O)(=O)N2CCCC2)cc1. The number of nitrogens with zero attached hydrogens (tertiary/aromatic N) is 2. The highest BCUT2D eigenvalue weighted by Gasteiger charge is 2.27. The summed E-state index contributed by atoms with van der Waals surface area (Å²) in [6, 6.07) is 8.73. The highest BCUT2D eigenvalue weighted by molar-refractivity contribution is 7.89. The smallest absolute Gasteiger partial charge is 0.257 e. The number of aromatic nitrogens is 1. The van der Waals surface area contributed by atoms with Crippen LogP contribution in [0.4, 0.5) is 13.9 Å². The monoisotopic (exact) mass is 449 g/mol. The summed E-state index contributed by atoms with van der Waals surface area (Å²) in [4.78, 5) is 16.7. The van der Waals surface area contributed by atoms with E-state index in [1.807, 2.05) is 0 Å². The normalized spacial score (nSPS) is 14.7. The van der Waals surface area contributed by atoms with Crippen molar-refractivity contribution in [1.29, 1.82) is 0 Å². The fourth-order valence-corrected chi connectivity index (χ4v) is 5.40. The minimum atomic E-state index is -3.55. The number of hydrogen-bond acceptors (Lipinski definition) is 5. The molecule has 0 unspecified atom stereocenters. The Morgan fingerprint density at radius 2 is 1.77 bits per heavy atom. The molecule has 6 nitrogen and oxygen atoms in total. The van der Waals surface area contributed by atoms with Crippen molar-refractivity contribution >= 4 is 32.4 Å². The lowest BCUT2D eigenvalue weighted by atomic mass is 10.1. The first-order valence-corrected chi connectivity index (χ1v) is 11.5. The largest absolute Gasteiger partial charge is 0.298 e. The summed E-state index contributed by atoms with van der Waals surface area (Å²) in [5, 5.41) is 4.32. The summed E-state index contributed by atoms with van der Waals surface area (Å²) in [6.07, 6.45) is 1.68. The molecule has 1 aliphatic heterocycles. The van der Waals surface area contributed by atoms with Crippen LogP contribution in [0.15, 0.2) is 52.7 Å². The second kappa shape index (κ2) is 8.21. The zero-order valence-electron chi connectivity index (χ0n) is 15.6. The molecule has 1 saturated heterocycles. The number of benzene rings is 2. The zero-order chi connectivity index (χ0) is 21.3. The Balaban J connectivity index is 1.48. The fraction of sp³-hybridized carbons (Fsp3) is 0.200. The van der Waals surface area contributed by atoms with E-state index >= 15 is 0 Å². The van der Waals surface area contributed by atoms with Gasteiger partial charge in [-0.1, -0.05) is 0 Å². The van der Waals surface area contributed by atoms with Gasteiger partial charge in [0, 0.05) is 29.6 Å². The van der Waals surface area contributed by atoms with Gasteiger partial charge >= 0.3 is 0 Å². The molecule has 0 aliphatic carbocycles. The van der Waals surface area contributed by atoms with E-state index in [9.17, 15) is 22.0 Å². The molecule has 1 aromatic heterocycles. The number of nitrogens with one attached hydrogen (secondary N) is 1. The molecule has 2 heterocycles. The van der Waals surface area contributed by atoms with Crippen LogP contribution in [0.2, 0.25) is 0 Å². The van der Waals surface area contributed by atoms with E-state index in [1.165, 1.54) is 34.0 Å². The molecule has 1 N–H and O–H groups in total. The Labute approximate surface area is 176 Å². The van der Waals surface area contributed by atoms with Gasteiger partial charge in [0.1, 0.15) is 11.6 Å². The summed E-state index contributed by atoms with van der Waals surface area (Å²) in [5.41, 5.74) is 0.464. The first kappa shape index (κ1) is 20.6. The van der Waals surface area contributed by atoms with Crippen molar-refractivity contribution in [2.45, 2.75) is 17.7 Å². The number of amides is 1. The summed E-state index contributed by atoms with van der Waals surface area (Å²) in [6.45, 7) is 1.01. The molecule has 3 aromatic rings. The van der Waals surface area contributed by atoms with Crippen molar-refractivity contribution < 1.29 is 22.0 Å². The maximum absolute atomic E-state index is 13.9. The minimum Gasteiger partial charge on any atom is -0.298 e. The van der Waals surface area contributed by atoms with Gasteiger partial charge in [-0.3, -0.25) is 10.1 Å².